The molecule has 0 spiro atoms. The number of carboxylic acid groups (broad SMARTS) is 1. The number of carbonyl (C=O) groups is 1. The quantitative estimate of drug-likeness (QED) is 0.889. The molecule has 5 heteroatoms. The van der Waals surface area contributed by atoms with Crippen molar-refractivity contribution in [1.29, 1.82) is 0 Å². The molecule has 0 unspecified atom stereocenters. The number of anilines is 1. The van der Waals surface area contributed by atoms with Gasteiger partial charge in [0.2, 0.25) is 0 Å². The van der Waals surface area contributed by atoms with Crippen LogP contribution in [0.25, 0.3) is 0 Å². The van der Waals surface area contributed by atoms with Crippen LogP contribution in [0.15, 0.2) is 12.5 Å². The second kappa shape index (κ2) is 4.92. The largest absolute Gasteiger partial charge is 0.477 e. The van der Waals surface area contributed by atoms with Gasteiger partial charge in [0.1, 0.15) is 17.7 Å². The maximum absolute atomic E-state index is 11.1. The minimum Gasteiger partial charge on any atom is -0.477 e. The molecule has 0 aliphatic carbocycles. The summed E-state index contributed by atoms with van der Waals surface area (Å²) in [5.74, 6) is -0.412. The third-order valence-corrected chi connectivity index (χ3v) is 4.05. The summed E-state index contributed by atoms with van der Waals surface area (Å²) in [6, 6.07) is 0. The van der Waals surface area contributed by atoms with E-state index in [1.165, 1.54) is 12.5 Å². The van der Waals surface area contributed by atoms with Gasteiger partial charge in [-0.3, -0.25) is 0 Å². The number of nitrogens with zero attached hydrogens (tertiary/aromatic N) is 3. The molecule has 0 amide bonds. The third-order valence-electron chi connectivity index (χ3n) is 4.05. The first-order chi connectivity index (χ1) is 8.56. The Kier molecular flexibility index (Phi) is 3.50. The van der Waals surface area contributed by atoms with Gasteiger partial charge in [-0.1, -0.05) is 20.3 Å². The fraction of sp³-hybridized carbons (Fsp3) is 0.615. The van der Waals surface area contributed by atoms with Gasteiger partial charge < -0.3 is 10.0 Å². The lowest BCUT2D eigenvalue weighted by Crippen LogP contribution is -2.39. The Morgan fingerprint density at radius 2 is 2.17 bits per heavy atom. The fourth-order valence-electron chi connectivity index (χ4n) is 2.34. The van der Waals surface area contributed by atoms with Crippen molar-refractivity contribution in [2.45, 2.75) is 33.1 Å². The molecule has 0 saturated carbocycles. The Bertz CT molecular complexity index is 440. The van der Waals surface area contributed by atoms with E-state index in [0.717, 1.165) is 32.4 Å². The predicted molar refractivity (Wildman–Crippen MR) is 68.8 cm³/mol. The molecule has 0 radical (unpaired) electrons. The van der Waals surface area contributed by atoms with Crippen molar-refractivity contribution in [3.8, 4) is 0 Å². The first kappa shape index (κ1) is 12.8. The second-order valence-electron chi connectivity index (χ2n) is 5.22. The molecule has 1 aromatic rings. The highest BCUT2D eigenvalue weighted by molar-refractivity contribution is 5.92. The van der Waals surface area contributed by atoms with Crippen LogP contribution in [0, 0.1) is 5.41 Å². The first-order valence-corrected chi connectivity index (χ1v) is 6.34. The predicted octanol–water partition coefficient (Wildman–Crippen LogP) is 2.19. The minimum absolute atomic E-state index is 0.192. The van der Waals surface area contributed by atoms with Gasteiger partial charge in [0.05, 0.1) is 0 Å². The molecule has 1 N–H and O–H groups in total. The van der Waals surface area contributed by atoms with Crippen LogP contribution in [-0.2, 0) is 0 Å². The lowest BCUT2D eigenvalue weighted by Gasteiger charge is -2.39. The van der Waals surface area contributed by atoms with E-state index in [4.69, 9.17) is 5.11 Å². The second-order valence-corrected chi connectivity index (χ2v) is 5.22. The Morgan fingerprint density at radius 1 is 1.50 bits per heavy atom. The smallest absolute Gasteiger partial charge is 0.341 e. The van der Waals surface area contributed by atoms with Crippen molar-refractivity contribution in [2.24, 2.45) is 5.41 Å². The third kappa shape index (κ3) is 2.44. The summed E-state index contributed by atoms with van der Waals surface area (Å²) in [7, 11) is 0. The van der Waals surface area contributed by atoms with Crippen LogP contribution < -0.4 is 4.90 Å². The van der Waals surface area contributed by atoms with E-state index in [1.807, 2.05) is 0 Å². The highest BCUT2D eigenvalue weighted by Gasteiger charge is 2.30. The molecular weight excluding hydrogens is 230 g/mol. The summed E-state index contributed by atoms with van der Waals surface area (Å²) in [4.78, 5) is 21.1. The topological polar surface area (TPSA) is 66.3 Å². The van der Waals surface area contributed by atoms with Crippen LogP contribution in [0.2, 0.25) is 0 Å². The van der Waals surface area contributed by atoms with E-state index in [-0.39, 0.29) is 5.56 Å². The minimum atomic E-state index is -0.963. The summed E-state index contributed by atoms with van der Waals surface area (Å²) < 4.78 is 0. The van der Waals surface area contributed by atoms with Gasteiger partial charge in [-0.25, -0.2) is 14.8 Å². The highest BCUT2D eigenvalue weighted by Crippen LogP contribution is 2.35. The molecule has 1 saturated heterocycles. The normalized spacial score (nSPS) is 18.7. The Balaban J connectivity index is 2.17. The molecule has 1 aliphatic heterocycles. The molecule has 1 aliphatic rings. The molecule has 18 heavy (non-hydrogen) atoms. The van der Waals surface area contributed by atoms with Crippen LogP contribution in [0.3, 0.4) is 0 Å². The van der Waals surface area contributed by atoms with Crippen LogP contribution in [0.4, 0.5) is 5.82 Å². The van der Waals surface area contributed by atoms with Crippen LogP contribution in [0.5, 0.6) is 0 Å². The number of aromatic carboxylic acids is 1. The molecule has 1 aromatic heterocycles. The van der Waals surface area contributed by atoms with Crippen molar-refractivity contribution < 1.29 is 9.90 Å². The van der Waals surface area contributed by atoms with Crippen molar-refractivity contribution in [2.75, 3.05) is 18.0 Å². The van der Waals surface area contributed by atoms with Gasteiger partial charge in [-0.2, -0.15) is 0 Å². The van der Waals surface area contributed by atoms with Crippen molar-refractivity contribution >= 4 is 11.8 Å². The highest BCUT2D eigenvalue weighted by atomic mass is 16.4. The maximum Gasteiger partial charge on any atom is 0.341 e. The summed E-state index contributed by atoms with van der Waals surface area (Å²) in [6.07, 6.45) is 6.10. The van der Waals surface area contributed by atoms with Crippen molar-refractivity contribution in [3.63, 3.8) is 0 Å². The number of piperidine rings is 1. The number of carboxylic acids is 1. The standard InChI is InChI=1S/C13H19N3O2/c1-3-13(2)4-6-16(7-5-13)11-10(12(17)18)8-14-9-15-11/h8-9H,3-7H2,1-2H3,(H,17,18). The SMILES string of the molecule is CCC1(C)CCN(c2ncncc2C(=O)O)CC1. The molecule has 0 bridgehead atoms. The summed E-state index contributed by atoms with van der Waals surface area (Å²) in [6.45, 7) is 6.23. The zero-order valence-corrected chi connectivity index (χ0v) is 10.9. The van der Waals surface area contributed by atoms with Crippen molar-refractivity contribution in [1.82, 2.24) is 9.97 Å². The number of rotatable bonds is 3. The molecule has 98 valence electrons. The van der Waals surface area contributed by atoms with Crippen LogP contribution >= 0.6 is 0 Å². The van der Waals surface area contributed by atoms with E-state index in [9.17, 15) is 4.79 Å². The van der Waals surface area contributed by atoms with Gasteiger partial charge in [-0.15, -0.1) is 0 Å². The van der Waals surface area contributed by atoms with Crippen LogP contribution in [0.1, 0.15) is 43.5 Å². The van der Waals surface area contributed by atoms with Gasteiger partial charge in [-0.05, 0) is 18.3 Å². The van der Waals surface area contributed by atoms with Crippen LogP contribution in [-0.4, -0.2) is 34.1 Å². The van der Waals surface area contributed by atoms with Crippen molar-refractivity contribution in [3.05, 3.63) is 18.1 Å². The monoisotopic (exact) mass is 249 g/mol. The summed E-state index contributed by atoms with van der Waals surface area (Å²) in [5, 5.41) is 9.14. The van der Waals surface area contributed by atoms with Gasteiger partial charge in [0, 0.05) is 19.3 Å². The maximum atomic E-state index is 11.1. The van der Waals surface area contributed by atoms with E-state index in [0.29, 0.717) is 11.2 Å². The first-order valence-electron chi connectivity index (χ1n) is 6.34. The zero-order chi connectivity index (χ0) is 13.2. The van der Waals surface area contributed by atoms with Gasteiger partial charge >= 0.3 is 5.97 Å². The lowest BCUT2D eigenvalue weighted by atomic mass is 9.78. The molecule has 1 fully saturated rings. The van der Waals surface area contributed by atoms with E-state index < -0.39 is 5.97 Å². The molecular formula is C13H19N3O2. The summed E-state index contributed by atoms with van der Waals surface area (Å²) in [5.41, 5.74) is 0.574. The summed E-state index contributed by atoms with van der Waals surface area (Å²) >= 11 is 0. The average molecular weight is 249 g/mol. The van der Waals surface area contributed by atoms with E-state index in [1.54, 1.807) is 0 Å². The number of hydrogen-bond acceptors (Lipinski definition) is 4. The molecule has 2 rings (SSSR count). The average Bonchev–Trinajstić information content (AvgIpc) is 2.39. The molecule has 0 atom stereocenters. The molecule has 0 aromatic carbocycles. The number of aromatic nitrogens is 2. The Labute approximate surface area is 107 Å². The van der Waals surface area contributed by atoms with Gasteiger partial charge in [0.15, 0.2) is 0 Å². The molecule has 5 nitrogen and oxygen atoms in total. The zero-order valence-electron chi connectivity index (χ0n) is 10.9. The lowest BCUT2D eigenvalue weighted by molar-refractivity contribution is 0.0696. The Morgan fingerprint density at radius 3 is 2.72 bits per heavy atom. The van der Waals surface area contributed by atoms with E-state index >= 15 is 0 Å². The fourth-order valence-corrected chi connectivity index (χ4v) is 2.34. The Hall–Kier alpha value is -1.65. The number of hydrogen-bond donors (Lipinski definition) is 1. The molecule has 2 heterocycles. The van der Waals surface area contributed by atoms with Gasteiger partial charge in [0.25, 0.3) is 0 Å². The van der Waals surface area contributed by atoms with E-state index in [2.05, 4.69) is 28.7 Å².